The summed E-state index contributed by atoms with van der Waals surface area (Å²) >= 11 is 8.46. The van der Waals surface area contributed by atoms with E-state index in [0.29, 0.717) is 4.32 Å². The van der Waals surface area contributed by atoms with Gasteiger partial charge in [0, 0.05) is 6.20 Å². The van der Waals surface area contributed by atoms with Crippen molar-refractivity contribution in [2.24, 2.45) is 5.10 Å². The molecule has 0 fully saturated rings. The second-order valence-corrected chi connectivity index (χ2v) is 3.09. The summed E-state index contributed by atoms with van der Waals surface area (Å²) < 4.78 is 0.335. The first-order chi connectivity index (χ1) is 5.79. The molecular weight excluding hydrogens is 190 g/mol. The van der Waals surface area contributed by atoms with Gasteiger partial charge in [-0.15, -0.1) is 12.6 Å². The second-order valence-electron chi connectivity index (χ2n) is 1.93. The Morgan fingerprint density at radius 1 is 1.67 bits per heavy atom. The lowest BCUT2D eigenvalue weighted by atomic mass is 10.4. The van der Waals surface area contributed by atoms with Gasteiger partial charge >= 0.3 is 0 Å². The summed E-state index contributed by atoms with van der Waals surface area (Å²) in [7, 11) is 0. The maximum absolute atomic E-state index is 4.63. The third-order valence-electron chi connectivity index (χ3n) is 1.04. The Morgan fingerprint density at radius 2 is 2.50 bits per heavy atom. The average molecular weight is 197 g/mol. The van der Waals surface area contributed by atoms with Crippen molar-refractivity contribution in [1.82, 2.24) is 10.4 Å². The highest BCUT2D eigenvalue weighted by molar-refractivity contribution is 8.11. The molecule has 0 saturated heterocycles. The Hall–Kier alpha value is -0.940. The van der Waals surface area contributed by atoms with Gasteiger partial charge in [-0.25, -0.2) is 0 Å². The number of hydrazone groups is 1. The van der Waals surface area contributed by atoms with Crippen molar-refractivity contribution in [3.05, 3.63) is 30.1 Å². The number of nitrogens with one attached hydrogen (secondary N) is 1. The summed E-state index contributed by atoms with van der Waals surface area (Å²) in [6, 6.07) is 5.56. The van der Waals surface area contributed by atoms with Crippen molar-refractivity contribution < 1.29 is 0 Å². The monoisotopic (exact) mass is 197 g/mol. The van der Waals surface area contributed by atoms with Crippen LogP contribution in [0.15, 0.2) is 29.5 Å². The van der Waals surface area contributed by atoms with E-state index in [4.69, 9.17) is 0 Å². The first kappa shape index (κ1) is 9.15. The Bertz CT molecular complexity index is 284. The van der Waals surface area contributed by atoms with Gasteiger partial charge in [-0.3, -0.25) is 10.4 Å². The smallest absolute Gasteiger partial charge is 0.150 e. The summed E-state index contributed by atoms with van der Waals surface area (Å²) in [5.74, 6) is 0. The molecule has 1 aromatic heterocycles. The molecule has 0 aromatic carbocycles. The second kappa shape index (κ2) is 4.84. The highest BCUT2D eigenvalue weighted by Crippen LogP contribution is 1.87. The summed E-state index contributed by atoms with van der Waals surface area (Å²) in [4.78, 5) is 4.02. The number of thiocarbonyl (C=S) groups is 1. The van der Waals surface area contributed by atoms with E-state index in [-0.39, 0.29) is 0 Å². The van der Waals surface area contributed by atoms with Crippen molar-refractivity contribution in [2.45, 2.75) is 0 Å². The maximum Gasteiger partial charge on any atom is 0.150 e. The van der Waals surface area contributed by atoms with E-state index in [0.717, 1.165) is 5.69 Å². The minimum absolute atomic E-state index is 0.335. The average Bonchev–Trinajstić information content (AvgIpc) is 2.05. The Balaban J connectivity index is 2.52. The standard InChI is InChI=1S/C7H7N3S2/c11-7(12)10-9-5-6-3-1-2-4-8-6/h1-5H,(H2,10,11,12)/b9-5+. The van der Waals surface area contributed by atoms with E-state index < -0.39 is 0 Å². The van der Waals surface area contributed by atoms with Crippen LogP contribution in [0.2, 0.25) is 0 Å². The molecule has 0 radical (unpaired) electrons. The molecule has 0 unspecified atom stereocenters. The molecular formula is C7H7N3S2. The summed E-state index contributed by atoms with van der Waals surface area (Å²) in [5, 5.41) is 3.79. The molecule has 1 heterocycles. The van der Waals surface area contributed by atoms with Gasteiger partial charge in [-0.1, -0.05) is 18.3 Å². The normalized spacial score (nSPS) is 10.1. The van der Waals surface area contributed by atoms with Crippen molar-refractivity contribution >= 4 is 35.4 Å². The number of pyridine rings is 1. The molecule has 0 amide bonds. The number of thiol groups is 1. The fraction of sp³-hybridized carbons (Fsp3) is 0. The van der Waals surface area contributed by atoms with Crippen LogP contribution >= 0.6 is 24.8 Å². The molecule has 0 spiro atoms. The lowest BCUT2D eigenvalue weighted by Crippen LogP contribution is -2.07. The van der Waals surface area contributed by atoms with Crippen molar-refractivity contribution in [2.75, 3.05) is 0 Å². The maximum atomic E-state index is 4.63. The van der Waals surface area contributed by atoms with E-state index in [1.807, 2.05) is 18.2 Å². The molecule has 1 N–H and O–H groups in total. The lowest BCUT2D eigenvalue weighted by Gasteiger charge is -1.92. The molecule has 12 heavy (non-hydrogen) atoms. The topological polar surface area (TPSA) is 37.3 Å². The minimum Gasteiger partial charge on any atom is -0.262 e. The molecule has 5 heteroatoms. The molecule has 0 aliphatic rings. The largest absolute Gasteiger partial charge is 0.262 e. The predicted octanol–water partition coefficient (Wildman–Crippen LogP) is 1.22. The zero-order chi connectivity index (χ0) is 8.81. The van der Waals surface area contributed by atoms with Crippen LogP contribution in [-0.2, 0) is 0 Å². The van der Waals surface area contributed by atoms with Crippen LogP contribution in [0.4, 0.5) is 0 Å². The van der Waals surface area contributed by atoms with Gasteiger partial charge in [0.2, 0.25) is 0 Å². The zero-order valence-electron chi connectivity index (χ0n) is 6.14. The van der Waals surface area contributed by atoms with Gasteiger partial charge < -0.3 is 0 Å². The third-order valence-corrected chi connectivity index (χ3v) is 1.24. The number of hydrogen-bond acceptors (Lipinski definition) is 3. The number of nitrogens with zero attached hydrogens (tertiary/aromatic N) is 2. The molecule has 0 aliphatic heterocycles. The van der Waals surface area contributed by atoms with Crippen molar-refractivity contribution in [3.63, 3.8) is 0 Å². The highest BCUT2D eigenvalue weighted by Gasteiger charge is 1.84. The van der Waals surface area contributed by atoms with Crippen LogP contribution in [0.25, 0.3) is 0 Å². The molecule has 0 aliphatic carbocycles. The van der Waals surface area contributed by atoms with Crippen LogP contribution in [0.3, 0.4) is 0 Å². The zero-order valence-corrected chi connectivity index (χ0v) is 7.85. The van der Waals surface area contributed by atoms with Crippen molar-refractivity contribution in [3.8, 4) is 0 Å². The first-order valence-corrected chi connectivity index (χ1v) is 4.07. The highest BCUT2D eigenvalue weighted by atomic mass is 32.1. The van der Waals surface area contributed by atoms with Crippen LogP contribution in [0, 0.1) is 0 Å². The molecule has 0 bridgehead atoms. The minimum atomic E-state index is 0.335. The quantitative estimate of drug-likeness (QED) is 0.324. The number of hydrogen-bond donors (Lipinski definition) is 2. The SMILES string of the molecule is S=C(S)N/N=C/c1ccccn1. The van der Waals surface area contributed by atoms with E-state index in [2.05, 4.69) is 40.4 Å². The summed E-state index contributed by atoms with van der Waals surface area (Å²) in [6.45, 7) is 0. The predicted molar refractivity (Wildman–Crippen MR) is 56.6 cm³/mol. The van der Waals surface area contributed by atoms with Crippen LogP contribution in [0.1, 0.15) is 5.69 Å². The summed E-state index contributed by atoms with van der Waals surface area (Å²) in [6.07, 6.45) is 3.27. The molecule has 1 rings (SSSR count). The van der Waals surface area contributed by atoms with Gasteiger partial charge in [-0.05, 0) is 12.1 Å². The van der Waals surface area contributed by atoms with Gasteiger partial charge in [0.15, 0.2) is 4.32 Å². The third kappa shape index (κ3) is 3.45. The first-order valence-electron chi connectivity index (χ1n) is 3.22. The van der Waals surface area contributed by atoms with Crippen LogP contribution < -0.4 is 5.43 Å². The molecule has 1 aromatic rings. The van der Waals surface area contributed by atoms with Gasteiger partial charge in [0.1, 0.15) is 0 Å². The number of aromatic nitrogens is 1. The van der Waals surface area contributed by atoms with Crippen LogP contribution in [0.5, 0.6) is 0 Å². The van der Waals surface area contributed by atoms with E-state index in [1.165, 1.54) is 0 Å². The molecule has 0 atom stereocenters. The Kier molecular flexibility index (Phi) is 3.69. The molecule has 3 nitrogen and oxygen atoms in total. The van der Waals surface area contributed by atoms with Crippen LogP contribution in [-0.4, -0.2) is 15.5 Å². The van der Waals surface area contributed by atoms with Gasteiger partial charge in [0.25, 0.3) is 0 Å². The van der Waals surface area contributed by atoms with Gasteiger partial charge in [-0.2, -0.15) is 5.10 Å². The van der Waals surface area contributed by atoms with Gasteiger partial charge in [0.05, 0.1) is 11.9 Å². The Morgan fingerprint density at radius 3 is 3.08 bits per heavy atom. The van der Waals surface area contributed by atoms with Crippen molar-refractivity contribution in [1.29, 1.82) is 0 Å². The number of rotatable bonds is 2. The van der Waals surface area contributed by atoms with E-state index in [1.54, 1.807) is 12.4 Å². The van der Waals surface area contributed by atoms with E-state index in [9.17, 15) is 0 Å². The fourth-order valence-electron chi connectivity index (χ4n) is 0.606. The molecule has 0 saturated carbocycles. The van der Waals surface area contributed by atoms with E-state index >= 15 is 0 Å². The molecule has 62 valence electrons. The fourth-order valence-corrected chi connectivity index (χ4v) is 0.716. The summed E-state index contributed by atoms with van der Waals surface area (Å²) in [5.41, 5.74) is 3.29. The Labute approximate surface area is 81.3 Å². The lowest BCUT2D eigenvalue weighted by molar-refractivity contribution is 1.07.